The van der Waals surface area contributed by atoms with Gasteiger partial charge in [0.1, 0.15) is 0 Å². The van der Waals surface area contributed by atoms with E-state index in [4.69, 9.17) is 14.2 Å². The van der Waals surface area contributed by atoms with Crippen LogP contribution in [-0.4, -0.2) is 71.0 Å². The third kappa shape index (κ3) is 4.01. The molecule has 0 unspecified atom stereocenters. The SMILES string of the molecule is COc1ccc(C(=O)N2CCN(S(=O)(=O)c3ccccc3)CC2)c(OC)c1OC. The van der Waals surface area contributed by atoms with Gasteiger partial charge in [-0.05, 0) is 24.3 Å². The van der Waals surface area contributed by atoms with Gasteiger partial charge in [-0.1, -0.05) is 18.2 Å². The quantitative estimate of drug-likeness (QED) is 0.709. The van der Waals surface area contributed by atoms with Gasteiger partial charge >= 0.3 is 0 Å². The summed E-state index contributed by atoms with van der Waals surface area (Å²) in [6, 6.07) is 11.6. The summed E-state index contributed by atoms with van der Waals surface area (Å²) in [6.45, 7) is 1.00. The lowest BCUT2D eigenvalue weighted by atomic mass is 10.1. The summed E-state index contributed by atoms with van der Waals surface area (Å²) < 4.78 is 42.9. The predicted octanol–water partition coefficient (Wildman–Crippen LogP) is 1.86. The van der Waals surface area contributed by atoms with Crippen LogP contribution in [0.1, 0.15) is 10.4 Å². The van der Waals surface area contributed by atoms with Gasteiger partial charge in [-0.2, -0.15) is 4.31 Å². The lowest BCUT2D eigenvalue weighted by Crippen LogP contribution is -2.50. The van der Waals surface area contributed by atoms with E-state index in [1.807, 2.05) is 0 Å². The lowest BCUT2D eigenvalue weighted by Gasteiger charge is -2.34. The molecule has 0 saturated carbocycles. The molecule has 0 aliphatic carbocycles. The van der Waals surface area contributed by atoms with Crippen LogP contribution < -0.4 is 14.2 Å². The third-order valence-electron chi connectivity index (χ3n) is 4.84. The second-order valence-electron chi connectivity index (χ2n) is 6.39. The maximum Gasteiger partial charge on any atom is 0.257 e. The third-order valence-corrected chi connectivity index (χ3v) is 6.75. The number of benzene rings is 2. The summed E-state index contributed by atoms with van der Waals surface area (Å²) in [6.07, 6.45) is 0. The summed E-state index contributed by atoms with van der Waals surface area (Å²) in [4.78, 5) is 14.9. The molecule has 156 valence electrons. The molecule has 2 aromatic carbocycles. The Hall–Kier alpha value is -2.78. The van der Waals surface area contributed by atoms with E-state index in [0.717, 1.165) is 0 Å². The molecule has 2 aromatic rings. The minimum atomic E-state index is -3.57. The summed E-state index contributed by atoms with van der Waals surface area (Å²) in [5.74, 6) is 0.835. The van der Waals surface area contributed by atoms with Crippen LogP contribution in [-0.2, 0) is 10.0 Å². The van der Waals surface area contributed by atoms with Crippen LogP contribution in [0.4, 0.5) is 0 Å². The molecule has 0 N–H and O–H groups in total. The molecule has 1 saturated heterocycles. The van der Waals surface area contributed by atoms with Crippen molar-refractivity contribution in [2.24, 2.45) is 0 Å². The number of hydrogen-bond donors (Lipinski definition) is 0. The zero-order chi connectivity index (χ0) is 21.0. The fraction of sp³-hybridized carbons (Fsp3) is 0.350. The monoisotopic (exact) mass is 420 g/mol. The Morgan fingerprint density at radius 3 is 2.00 bits per heavy atom. The average Bonchev–Trinajstić information content (AvgIpc) is 2.78. The summed E-state index contributed by atoms with van der Waals surface area (Å²) >= 11 is 0. The van der Waals surface area contributed by atoms with Crippen LogP contribution >= 0.6 is 0 Å². The molecule has 0 spiro atoms. The molecule has 1 heterocycles. The van der Waals surface area contributed by atoms with Gasteiger partial charge in [0.25, 0.3) is 5.91 Å². The molecule has 9 heteroatoms. The van der Waals surface area contributed by atoms with Crippen molar-refractivity contribution < 1.29 is 27.4 Å². The number of rotatable bonds is 6. The molecule has 0 atom stereocenters. The van der Waals surface area contributed by atoms with Crippen LogP contribution in [0.5, 0.6) is 17.2 Å². The topological polar surface area (TPSA) is 85.4 Å². The number of hydrogen-bond acceptors (Lipinski definition) is 6. The number of piperazine rings is 1. The summed E-state index contributed by atoms with van der Waals surface area (Å²) in [5.41, 5.74) is 0.338. The smallest absolute Gasteiger partial charge is 0.257 e. The van der Waals surface area contributed by atoms with Gasteiger partial charge in [-0.3, -0.25) is 4.79 Å². The first-order valence-electron chi connectivity index (χ1n) is 9.07. The van der Waals surface area contributed by atoms with Crippen molar-refractivity contribution in [3.05, 3.63) is 48.0 Å². The van der Waals surface area contributed by atoms with E-state index in [2.05, 4.69) is 0 Å². The largest absolute Gasteiger partial charge is 0.493 e. The van der Waals surface area contributed by atoms with E-state index in [9.17, 15) is 13.2 Å². The van der Waals surface area contributed by atoms with Crippen molar-refractivity contribution in [1.82, 2.24) is 9.21 Å². The van der Waals surface area contributed by atoms with E-state index in [0.29, 0.717) is 17.1 Å². The van der Waals surface area contributed by atoms with Crippen LogP contribution in [0.3, 0.4) is 0 Å². The van der Waals surface area contributed by atoms with Gasteiger partial charge in [0.05, 0.1) is 31.8 Å². The number of nitrogens with zero attached hydrogens (tertiary/aromatic N) is 2. The van der Waals surface area contributed by atoms with Crippen molar-refractivity contribution in [3.8, 4) is 17.2 Å². The standard InChI is InChI=1S/C20H24N2O6S/c1-26-17-10-9-16(18(27-2)19(17)28-3)20(23)21-11-13-22(14-12-21)29(24,25)15-7-5-4-6-8-15/h4-10H,11-14H2,1-3H3. The summed E-state index contributed by atoms with van der Waals surface area (Å²) in [5, 5.41) is 0. The molecule has 0 radical (unpaired) electrons. The van der Waals surface area contributed by atoms with E-state index in [-0.39, 0.29) is 42.7 Å². The zero-order valence-corrected chi connectivity index (χ0v) is 17.4. The Balaban J connectivity index is 1.77. The highest BCUT2D eigenvalue weighted by atomic mass is 32.2. The maximum absolute atomic E-state index is 13.1. The Morgan fingerprint density at radius 2 is 1.45 bits per heavy atom. The van der Waals surface area contributed by atoms with Crippen LogP contribution in [0, 0.1) is 0 Å². The van der Waals surface area contributed by atoms with Gasteiger partial charge in [-0.15, -0.1) is 0 Å². The van der Waals surface area contributed by atoms with Crippen LogP contribution in [0.25, 0.3) is 0 Å². The molecule has 0 bridgehead atoms. The van der Waals surface area contributed by atoms with Gasteiger partial charge in [0.2, 0.25) is 15.8 Å². The van der Waals surface area contributed by atoms with E-state index in [1.165, 1.54) is 25.6 Å². The predicted molar refractivity (Wildman–Crippen MR) is 107 cm³/mol. The van der Waals surface area contributed by atoms with Gasteiger partial charge in [-0.25, -0.2) is 8.42 Å². The van der Waals surface area contributed by atoms with Gasteiger partial charge < -0.3 is 19.1 Å². The highest BCUT2D eigenvalue weighted by Gasteiger charge is 2.32. The van der Waals surface area contributed by atoms with Crippen molar-refractivity contribution >= 4 is 15.9 Å². The van der Waals surface area contributed by atoms with Crippen LogP contribution in [0.2, 0.25) is 0 Å². The Bertz CT molecular complexity index is 970. The molecular weight excluding hydrogens is 396 g/mol. The number of ether oxygens (including phenoxy) is 3. The molecule has 1 fully saturated rings. The first kappa shape index (κ1) is 20.9. The first-order chi connectivity index (χ1) is 13.9. The molecular formula is C20H24N2O6S. The van der Waals surface area contributed by atoms with Crippen molar-refractivity contribution in [2.45, 2.75) is 4.90 Å². The van der Waals surface area contributed by atoms with Crippen molar-refractivity contribution in [1.29, 1.82) is 0 Å². The fourth-order valence-corrected chi connectivity index (χ4v) is 4.76. The number of carbonyl (C=O) groups excluding carboxylic acids is 1. The Labute approximate surface area is 170 Å². The second kappa shape index (κ2) is 8.71. The minimum absolute atomic E-state index is 0.221. The molecule has 1 aliphatic rings. The molecule has 1 aliphatic heterocycles. The number of amides is 1. The molecule has 3 rings (SSSR count). The van der Waals surface area contributed by atoms with E-state index >= 15 is 0 Å². The number of methoxy groups -OCH3 is 3. The average molecular weight is 420 g/mol. The number of sulfonamides is 1. The highest BCUT2D eigenvalue weighted by molar-refractivity contribution is 7.89. The number of carbonyl (C=O) groups is 1. The molecule has 0 aromatic heterocycles. The fourth-order valence-electron chi connectivity index (χ4n) is 3.31. The highest BCUT2D eigenvalue weighted by Crippen LogP contribution is 2.40. The van der Waals surface area contributed by atoms with Gasteiger partial charge in [0.15, 0.2) is 11.5 Å². The van der Waals surface area contributed by atoms with E-state index in [1.54, 1.807) is 47.4 Å². The minimum Gasteiger partial charge on any atom is -0.493 e. The van der Waals surface area contributed by atoms with Crippen molar-refractivity contribution in [2.75, 3.05) is 47.5 Å². The Morgan fingerprint density at radius 1 is 0.828 bits per heavy atom. The van der Waals surface area contributed by atoms with Gasteiger partial charge in [0, 0.05) is 26.2 Å². The van der Waals surface area contributed by atoms with E-state index < -0.39 is 10.0 Å². The summed E-state index contributed by atoms with van der Waals surface area (Å²) in [7, 11) is 0.862. The maximum atomic E-state index is 13.1. The van der Waals surface area contributed by atoms with Crippen LogP contribution in [0.15, 0.2) is 47.4 Å². The zero-order valence-electron chi connectivity index (χ0n) is 16.6. The lowest BCUT2D eigenvalue weighted by molar-refractivity contribution is 0.0693. The first-order valence-corrected chi connectivity index (χ1v) is 10.5. The Kier molecular flexibility index (Phi) is 6.29. The molecule has 8 nitrogen and oxygen atoms in total. The second-order valence-corrected chi connectivity index (χ2v) is 8.33. The van der Waals surface area contributed by atoms with Crippen molar-refractivity contribution in [3.63, 3.8) is 0 Å². The molecule has 1 amide bonds. The normalized spacial score (nSPS) is 15.1. The molecule has 29 heavy (non-hydrogen) atoms.